The van der Waals surface area contributed by atoms with Gasteiger partial charge in [0.15, 0.2) is 5.78 Å². The van der Waals surface area contributed by atoms with Crippen molar-refractivity contribution in [3.8, 4) is 0 Å². The number of carbonyl (C=O) groups excluding carboxylic acids is 2. The van der Waals surface area contributed by atoms with Gasteiger partial charge in [0.05, 0.1) is 13.0 Å². The molecule has 0 aromatic rings. The molecule has 0 aromatic carbocycles. The van der Waals surface area contributed by atoms with Crippen molar-refractivity contribution in [2.45, 2.75) is 52.4 Å². The maximum absolute atomic E-state index is 13.0. The zero-order valence-electron chi connectivity index (χ0n) is 15.0. The summed E-state index contributed by atoms with van der Waals surface area (Å²) >= 11 is 0. The van der Waals surface area contributed by atoms with Gasteiger partial charge < -0.3 is 4.74 Å². The highest BCUT2D eigenvalue weighted by Gasteiger charge is 2.61. The maximum Gasteiger partial charge on any atom is 0.309 e. The Labute approximate surface area is 144 Å². The van der Waals surface area contributed by atoms with Gasteiger partial charge in [0.2, 0.25) is 0 Å². The molecule has 0 radical (unpaired) electrons. The second-order valence-corrected chi connectivity index (χ2v) is 8.80. The third-order valence-electron chi connectivity index (χ3n) is 7.99. The summed E-state index contributed by atoms with van der Waals surface area (Å²) in [6, 6.07) is 0. The van der Waals surface area contributed by atoms with Gasteiger partial charge >= 0.3 is 5.97 Å². The Kier molecular flexibility index (Phi) is 3.56. The zero-order chi connectivity index (χ0) is 17.1. The van der Waals surface area contributed by atoms with E-state index in [9.17, 15) is 9.59 Å². The molecule has 6 atom stereocenters. The summed E-state index contributed by atoms with van der Waals surface area (Å²) in [5, 5.41) is 0. The summed E-state index contributed by atoms with van der Waals surface area (Å²) in [7, 11) is 1.49. The maximum atomic E-state index is 13.0. The first-order valence-corrected chi connectivity index (χ1v) is 9.42. The number of carbonyl (C=O) groups is 2. The molecule has 24 heavy (non-hydrogen) atoms. The van der Waals surface area contributed by atoms with E-state index in [-0.39, 0.29) is 28.6 Å². The van der Waals surface area contributed by atoms with Crippen molar-refractivity contribution in [3.05, 3.63) is 23.8 Å². The standard InChI is InChI=1S/C21H28O3/c1-20-10-5-4-6-13(20)12-17(22)18-14-7-8-16(19(23)24-3)21(14,2)11-9-15(18)20/h4,6,12,14-16,18H,5,7-11H2,1-3H3/t14-,15-,16+,18-,20-,21+/m1/s1. The molecule has 0 unspecified atom stereocenters. The molecule has 2 fully saturated rings. The number of allylic oxidation sites excluding steroid dienone is 4. The minimum atomic E-state index is -0.0789. The van der Waals surface area contributed by atoms with Crippen LogP contribution in [0.15, 0.2) is 23.8 Å². The van der Waals surface area contributed by atoms with E-state index in [1.54, 1.807) is 0 Å². The normalized spacial score (nSPS) is 46.6. The molecular formula is C21H28O3. The summed E-state index contributed by atoms with van der Waals surface area (Å²) in [5.41, 5.74) is 1.31. The highest BCUT2D eigenvalue weighted by molar-refractivity contribution is 5.95. The Morgan fingerprint density at radius 3 is 2.71 bits per heavy atom. The van der Waals surface area contributed by atoms with Gasteiger partial charge in [-0.05, 0) is 72.8 Å². The van der Waals surface area contributed by atoms with Crippen LogP contribution in [0, 0.1) is 34.5 Å². The Morgan fingerprint density at radius 1 is 1.17 bits per heavy atom. The lowest BCUT2D eigenvalue weighted by Crippen LogP contribution is -2.52. The molecule has 0 spiro atoms. The number of esters is 1. The minimum absolute atomic E-state index is 0.0364. The van der Waals surface area contributed by atoms with Crippen LogP contribution in [-0.2, 0) is 14.3 Å². The minimum Gasteiger partial charge on any atom is -0.469 e. The number of hydrogen-bond acceptors (Lipinski definition) is 3. The molecule has 0 bridgehead atoms. The molecule has 0 aliphatic heterocycles. The van der Waals surface area contributed by atoms with Gasteiger partial charge in [-0.25, -0.2) is 0 Å². The molecule has 3 nitrogen and oxygen atoms in total. The third-order valence-corrected chi connectivity index (χ3v) is 7.99. The van der Waals surface area contributed by atoms with Crippen molar-refractivity contribution >= 4 is 11.8 Å². The third kappa shape index (κ3) is 1.96. The molecular weight excluding hydrogens is 300 g/mol. The van der Waals surface area contributed by atoms with E-state index in [0.29, 0.717) is 17.6 Å². The fourth-order valence-corrected chi connectivity index (χ4v) is 6.57. The largest absolute Gasteiger partial charge is 0.469 e. The topological polar surface area (TPSA) is 43.4 Å². The number of hydrogen-bond donors (Lipinski definition) is 0. The number of rotatable bonds is 1. The van der Waals surface area contributed by atoms with E-state index >= 15 is 0 Å². The number of fused-ring (bicyclic) bond motifs is 5. The van der Waals surface area contributed by atoms with Gasteiger partial charge in [0.25, 0.3) is 0 Å². The van der Waals surface area contributed by atoms with E-state index < -0.39 is 0 Å². The summed E-state index contributed by atoms with van der Waals surface area (Å²) in [6.45, 7) is 4.60. The molecule has 0 heterocycles. The molecule has 4 rings (SSSR count). The Morgan fingerprint density at radius 2 is 1.96 bits per heavy atom. The van der Waals surface area contributed by atoms with Gasteiger partial charge in [-0.1, -0.05) is 26.0 Å². The average Bonchev–Trinajstić information content (AvgIpc) is 2.92. The molecule has 4 aliphatic rings. The first kappa shape index (κ1) is 16.1. The lowest BCUT2D eigenvalue weighted by Gasteiger charge is -2.55. The van der Waals surface area contributed by atoms with E-state index in [1.807, 2.05) is 6.08 Å². The molecule has 130 valence electrons. The summed E-state index contributed by atoms with van der Waals surface area (Å²) in [6.07, 6.45) is 12.5. The molecule has 2 saturated carbocycles. The van der Waals surface area contributed by atoms with Crippen LogP contribution in [-0.4, -0.2) is 18.9 Å². The van der Waals surface area contributed by atoms with Crippen molar-refractivity contribution in [1.29, 1.82) is 0 Å². The first-order chi connectivity index (χ1) is 11.4. The summed E-state index contributed by atoms with van der Waals surface area (Å²) < 4.78 is 5.07. The molecule has 0 saturated heterocycles. The summed E-state index contributed by atoms with van der Waals surface area (Å²) in [5.74, 6) is 1.05. The van der Waals surface area contributed by atoms with Crippen LogP contribution in [0.3, 0.4) is 0 Å². The van der Waals surface area contributed by atoms with Crippen LogP contribution in [0.5, 0.6) is 0 Å². The van der Waals surface area contributed by atoms with Crippen molar-refractivity contribution in [3.63, 3.8) is 0 Å². The molecule has 0 N–H and O–H groups in total. The SMILES string of the molecule is COC(=O)[C@@H]1CC[C@@H]2[C@H]3C(=O)C=C4C=CCC[C@@]4(C)[C@@H]3CC[C@@]21C. The monoisotopic (exact) mass is 328 g/mol. The van der Waals surface area contributed by atoms with E-state index in [2.05, 4.69) is 26.0 Å². The van der Waals surface area contributed by atoms with Crippen LogP contribution in [0.4, 0.5) is 0 Å². The van der Waals surface area contributed by atoms with E-state index in [0.717, 1.165) is 38.5 Å². The number of ketones is 1. The Bertz CT molecular complexity index is 645. The van der Waals surface area contributed by atoms with Crippen molar-refractivity contribution < 1.29 is 14.3 Å². The lowest BCUT2D eigenvalue weighted by molar-refractivity contribution is -0.154. The molecule has 0 aromatic heterocycles. The van der Waals surface area contributed by atoms with Gasteiger partial charge in [-0.15, -0.1) is 0 Å². The van der Waals surface area contributed by atoms with Crippen molar-refractivity contribution in [1.82, 2.24) is 0 Å². The van der Waals surface area contributed by atoms with Crippen LogP contribution < -0.4 is 0 Å². The number of methoxy groups -OCH3 is 1. The van der Waals surface area contributed by atoms with Crippen molar-refractivity contribution in [2.75, 3.05) is 7.11 Å². The fourth-order valence-electron chi connectivity index (χ4n) is 6.57. The lowest BCUT2D eigenvalue weighted by atomic mass is 9.48. The van der Waals surface area contributed by atoms with Gasteiger partial charge in [-0.2, -0.15) is 0 Å². The average molecular weight is 328 g/mol. The van der Waals surface area contributed by atoms with Crippen LogP contribution in [0.1, 0.15) is 52.4 Å². The Balaban J connectivity index is 1.73. The molecule has 0 amide bonds. The Hall–Kier alpha value is -1.38. The first-order valence-electron chi connectivity index (χ1n) is 9.42. The predicted molar refractivity (Wildman–Crippen MR) is 92.1 cm³/mol. The van der Waals surface area contributed by atoms with Gasteiger partial charge in [0, 0.05) is 5.92 Å². The second kappa shape index (κ2) is 5.31. The molecule has 4 aliphatic carbocycles. The smallest absolute Gasteiger partial charge is 0.309 e. The van der Waals surface area contributed by atoms with E-state index in [1.165, 1.54) is 12.7 Å². The molecule has 3 heteroatoms. The van der Waals surface area contributed by atoms with Gasteiger partial charge in [0.1, 0.15) is 0 Å². The van der Waals surface area contributed by atoms with Crippen LogP contribution >= 0.6 is 0 Å². The van der Waals surface area contributed by atoms with Crippen LogP contribution in [0.2, 0.25) is 0 Å². The number of ether oxygens (including phenoxy) is 1. The predicted octanol–water partition coefficient (Wildman–Crippen LogP) is 4.08. The van der Waals surface area contributed by atoms with Crippen molar-refractivity contribution in [2.24, 2.45) is 34.5 Å². The van der Waals surface area contributed by atoms with Crippen LogP contribution in [0.25, 0.3) is 0 Å². The second-order valence-electron chi connectivity index (χ2n) is 8.80. The van der Waals surface area contributed by atoms with Gasteiger partial charge in [-0.3, -0.25) is 9.59 Å². The highest BCUT2D eigenvalue weighted by Crippen LogP contribution is 2.65. The highest BCUT2D eigenvalue weighted by atomic mass is 16.5. The fraction of sp³-hybridized carbons (Fsp3) is 0.714. The summed E-state index contributed by atoms with van der Waals surface area (Å²) in [4.78, 5) is 25.3. The quantitative estimate of drug-likeness (QED) is 0.681. The van der Waals surface area contributed by atoms with E-state index in [4.69, 9.17) is 4.74 Å². The zero-order valence-corrected chi connectivity index (χ0v) is 15.0.